The molecule has 2 aromatic rings. The first-order chi connectivity index (χ1) is 13.5. The van der Waals surface area contributed by atoms with Gasteiger partial charge in [-0.3, -0.25) is 4.79 Å². The molecular weight excluding hydrogens is 354 g/mol. The molecule has 3 rings (SSSR count). The molecule has 1 aliphatic heterocycles. The topological polar surface area (TPSA) is 94.7 Å². The van der Waals surface area contributed by atoms with E-state index in [4.69, 9.17) is 5.73 Å². The summed E-state index contributed by atoms with van der Waals surface area (Å²) in [5, 5.41) is 12.6. The number of aliphatic hydroxyl groups excluding tert-OH is 1. The first-order valence-electron chi connectivity index (χ1n) is 9.69. The highest BCUT2D eigenvalue weighted by Crippen LogP contribution is 2.29. The number of aliphatic hydroxyl groups is 1. The normalized spacial score (nSPS) is 15.4. The number of hydrogen-bond donors (Lipinski definition) is 3. The summed E-state index contributed by atoms with van der Waals surface area (Å²) in [7, 11) is 1.95. The molecule has 1 fully saturated rings. The molecule has 1 amide bonds. The summed E-state index contributed by atoms with van der Waals surface area (Å²) >= 11 is 0. The predicted octanol–water partition coefficient (Wildman–Crippen LogP) is 1.93. The molecule has 4 N–H and O–H groups in total. The van der Waals surface area contributed by atoms with Gasteiger partial charge in [0.15, 0.2) is 0 Å². The number of aromatic nitrogens is 1. The number of amides is 1. The zero-order chi connectivity index (χ0) is 20.1. The number of carbonyl (C=O) groups excluding carboxylic acids is 1. The van der Waals surface area contributed by atoms with Crippen molar-refractivity contribution in [3.8, 4) is 0 Å². The Morgan fingerprint density at radius 1 is 1.36 bits per heavy atom. The number of hydrogen-bond acceptors (Lipinski definition) is 6. The van der Waals surface area contributed by atoms with E-state index in [2.05, 4.69) is 15.2 Å². The molecule has 0 spiro atoms. The number of piperidine rings is 1. The van der Waals surface area contributed by atoms with Crippen molar-refractivity contribution < 1.29 is 9.90 Å². The van der Waals surface area contributed by atoms with E-state index < -0.39 is 0 Å². The van der Waals surface area contributed by atoms with Gasteiger partial charge in [0.25, 0.3) is 5.91 Å². The van der Waals surface area contributed by atoms with Crippen LogP contribution in [0.4, 0.5) is 17.2 Å². The molecule has 28 heavy (non-hydrogen) atoms. The fourth-order valence-electron chi connectivity index (χ4n) is 3.47. The Balaban J connectivity index is 1.60. The third-order valence-electron chi connectivity index (χ3n) is 5.34. The number of benzene rings is 1. The molecular formula is C21H29N5O2. The second-order valence-electron chi connectivity index (χ2n) is 7.28. The van der Waals surface area contributed by atoms with Crippen molar-refractivity contribution >= 4 is 23.1 Å². The van der Waals surface area contributed by atoms with Crippen LogP contribution in [-0.2, 0) is 0 Å². The molecule has 7 heteroatoms. The van der Waals surface area contributed by atoms with Gasteiger partial charge in [0.05, 0.1) is 6.10 Å². The Kier molecular flexibility index (Phi) is 6.49. The molecule has 1 aliphatic rings. The Bertz CT molecular complexity index is 818. The first-order valence-corrected chi connectivity index (χ1v) is 9.69. The van der Waals surface area contributed by atoms with Crippen molar-refractivity contribution in [1.29, 1.82) is 0 Å². The van der Waals surface area contributed by atoms with Crippen molar-refractivity contribution in [3.63, 3.8) is 0 Å². The summed E-state index contributed by atoms with van der Waals surface area (Å²) in [6.07, 6.45) is 3.12. The average Bonchev–Trinajstić information content (AvgIpc) is 2.71. The minimum Gasteiger partial charge on any atom is -0.393 e. The van der Waals surface area contributed by atoms with Gasteiger partial charge in [-0.1, -0.05) is 6.07 Å². The van der Waals surface area contributed by atoms with Crippen molar-refractivity contribution in [2.45, 2.75) is 25.9 Å². The van der Waals surface area contributed by atoms with Gasteiger partial charge in [0, 0.05) is 61.9 Å². The molecule has 0 unspecified atom stereocenters. The number of nitrogen functional groups attached to an aromatic ring is 1. The highest BCUT2D eigenvalue weighted by molar-refractivity contribution is 5.95. The molecule has 2 heterocycles. The Morgan fingerprint density at radius 3 is 2.86 bits per heavy atom. The number of pyridine rings is 1. The molecule has 1 aromatic heterocycles. The van der Waals surface area contributed by atoms with Gasteiger partial charge < -0.3 is 26.0 Å². The lowest BCUT2D eigenvalue weighted by atomic mass is 10.1. The van der Waals surface area contributed by atoms with Gasteiger partial charge in [0.1, 0.15) is 5.82 Å². The van der Waals surface area contributed by atoms with Crippen molar-refractivity contribution in [2.75, 3.05) is 43.9 Å². The highest BCUT2D eigenvalue weighted by atomic mass is 16.3. The Morgan fingerprint density at radius 2 is 2.11 bits per heavy atom. The Labute approximate surface area is 166 Å². The lowest BCUT2D eigenvalue weighted by Crippen LogP contribution is -2.40. The van der Waals surface area contributed by atoms with Crippen LogP contribution < -0.4 is 16.0 Å². The third-order valence-corrected chi connectivity index (χ3v) is 5.34. The minimum atomic E-state index is -0.176. The first kappa shape index (κ1) is 20.1. The molecule has 7 nitrogen and oxygen atoms in total. The zero-order valence-corrected chi connectivity index (χ0v) is 16.6. The standard InChI is InChI=1S/C21H29N5O2/c1-15-19(6-9-23-20(15)22)25(2)17-5-3-4-16(14-17)21(28)24-10-13-26-11-7-18(27)8-12-26/h3-6,9,14,18,27H,7-8,10-13H2,1-2H3,(H2,22,23)(H,24,28). The van der Waals surface area contributed by atoms with Crippen LogP contribution in [0.2, 0.25) is 0 Å². The maximum absolute atomic E-state index is 12.6. The van der Waals surface area contributed by atoms with Gasteiger partial charge in [0.2, 0.25) is 0 Å². The number of rotatable bonds is 6. The number of anilines is 3. The van der Waals surface area contributed by atoms with Crippen LogP contribution >= 0.6 is 0 Å². The fourth-order valence-corrected chi connectivity index (χ4v) is 3.47. The van der Waals surface area contributed by atoms with Crippen LogP contribution in [0.25, 0.3) is 0 Å². The smallest absolute Gasteiger partial charge is 0.251 e. The number of carbonyl (C=O) groups is 1. The molecule has 0 aliphatic carbocycles. The van der Waals surface area contributed by atoms with Gasteiger partial charge in [-0.2, -0.15) is 0 Å². The van der Waals surface area contributed by atoms with E-state index in [0.717, 1.165) is 49.4 Å². The van der Waals surface area contributed by atoms with Gasteiger partial charge in [-0.25, -0.2) is 4.98 Å². The van der Waals surface area contributed by atoms with E-state index in [9.17, 15) is 9.90 Å². The van der Waals surface area contributed by atoms with E-state index in [-0.39, 0.29) is 12.0 Å². The van der Waals surface area contributed by atoms with Crippen LogP contribution in [0.5, 0.6) is 0 Å². The molecule has 1 aromatic carbocycles. The number of nitrogens with two attached hydrogens (primary N) is 1. The SMILES string of the molecule is Cc1c(N(C)c2cccc(C(=O)NCCN3CCC(O)CC3)c2)ccnc1N. The summed E-state index contributed by atoms with van der Waals surface area (Å²) in [4.78, 5) is 20.9. The second-order valence-corrected chi connectivity index (χ2v) is 7.28. The van der Waals surface area contributed by atoms with E-state index in [0.29, 0.717) is 17.9 Å². The average molecular weight is 383 g/mol. The van der Waals surface area contributed by atoms with Gasteiger partial charge in [-0.15, -0.1) is 0 Å². The maximum Gasteiger partial charge on any atom is 0.251 e. The molecule has 0 atom stereocenters. The molecule has 1 saturated heterocycles. The van der Waals surface area contributed by atoms with E-state index in [1.165, 1.54) is 0 Å². The van der Waals surface area contributed by atoms with Crippen molar-refractivity contribution in [3.05, 3.63) is 47.7 Å². The second kappa shape index (κ2) is 9.03. The fraction of sp³-hybridized carbons (Fsp3) is 0.429. The van der Waals surface area contributed by atoms with Crippen molar-refractivity contribution in [1.82, 2.24) is 15.2 Å². The van der Waals surface area contributed by atoms with Crippen LogP contribution in [0.15, 0.2) is 36.5 Å². The molecule has 150 valence electrons. The van der Waals surface area contributed by atoms with Crippen LogP contribution in [0.1, 0.15) is 28.8 Å². The maximum atomic E-state index is 12.6. The lowest BCUT2D eigenvalue weighted by Gasteiger charge is -2.29. The van der Waals surface area contributed by atoms with Crippen LogP contribution in [0.3, 0.4) is 0 Å². The monoisotopic (exact) mass is 383 g/mol. The molecule has 0 saturated carbocycles. The van der Waals surface area contributed by atoms with Gasteiger partial charge in [-0.05, 0) is 44.0 Å². The number of likely N-dealkylation sites (tertiary alicyclic amines) is 1. The Hall–Kier alpha value is -2.64. The lowest BCUT2D eigenvalue weighted by molar-refractivity contribution is 0.0804. The summed E-state index contributed by atoms with van der Waals surface area (Å²) < 4.78 is 0. The van der Waals surface area contributed by atoms with Gasteiger partial charge >= 0.3 is 0 Å². The predicted molar refractivity (Wildman–Crippen MR) is 112 cm³/mol. The van der Waals surface area contributed by atoms with Crippen LogP contribution in [-0.4, -0.2) is 60.2 Å². The minimum absolute atomic E-state index is 0.0849. The van der Waals surface area contributed by atoms with Crippen LogP contribution in [0, 0.1) is 6.92 Å². The quantitative estimate of drug-likeness (QED) is 0.706. The summed E-state index contributed by atoms with van der Waals surface area (Å²) in [5.74, 6) is 0.418. The number of nitrogens with one attached hydrogen (secondary N) is 1. The summed E-state index contributed by atoms with van der Waals surface area (Å²) in [5.41, 5.74) is 9.32. The molecule has 0 radical (unpaired) electrons. The zero-order valence-electron chi connectivity index (χ0n) is 16.6. The van der Waals surface area contributed by atoms with E-state index in [1.54, 1.807) is 6.20 Å². The van der Waals surface area contributed by atoms with Crippen molar-refractivity contribution in [2.24, 2.45) is 0 Å². The molecule has 0 bridgehead atoms. The summed E-state index contributed by atoms with van der Waals surface area (Å²) in [6, 6.07) is 9.45. The highest BCUT2D eigenvalue weighted by Gasteiger charge is 2.17. The van der Waals surface area contributed by atoms with E-state index in [1.807, 2.05) is 49.2 Å². The number of nitrogens with zero attached hydrogens (tertiary/aromatic N) is 3. The summed E-state index contributed by atoms with van der Waals surface area (Å²) in [6.45, 7) is 5.09. The third kappa shape index (κ3) is 4.79. The largest absolute Gasteiger partial charge is 0.393 e. The van der Waals surface area contributed by atoms with E-state index >= 15 is 0 Å².